The first kappa shape index (κ1) is 13.3. The third-order valence-corrected chi connectivity index (χ3v) is 2.72. The van der Waals surface area contributed by atoms with E-state index in [1.54, 1.807) is 4.90 Å². The lowest BCUT2D eigenvalue weighted by molar-refractivity contribution is 0.00706. The molecule has 1 heterocycles. The number of hydrogen-bond acceptors (Lipinski definition) is 3. The van der Waals surface area contributed by atoms with Gasteiger partial charge in [0.05, 0.1) is 0 Å². The Morgan fingerprint density at radius 2 is 2.12 bits per heavy atom. The second kappa shape index (κ2) is 5.53. The fourth-order valence-electron chi connectivity index (χ4n) is 2.01. The summed E-state index contributed by atoms with van der Waals surface area (Å²) in [6, 6.07) is 0.147. The van der Waals surface area contributed by atoms with Crippen LogP contribution in [0.4, 0.5) is 4.79 Å². The maximum absolute atomic E-state index is 11.9. The zero-order valence-corrected chi connectivity index (χ0v) is 10.5. The molecule has 1 atom stereocenters. The largest absolute Gasteiger partial charge is 0.444 e. The second-order valence-corrected chi connectivity index (χ2v) is 5.34. The topological polar surface area (TPSA) is 49.8 Å². The Kier molecular flexibility index (Phi) is 4.59. The molecule has 0 bridgehead atoms. The van der Waals surface area contributed by atoms with Gasteiger partial charge >= 0.3 is 6.09 Å². The van der Waals surface area contributed by atoms with Gasteiger partial charge in [-0.15, -0.1) is 0 Å². The van der Waals surface area contributed by atoms with E-state index in [0.29, 0.717) is 6.42 Å². The Morgan fingerprint density at radius 1 is 1.44 bits per heavy atom. The Balaban J connectivity index is 2.57. The van der Waals surface area contributed by atoms with E-state index < -0.39 is 5.60 Å². The number of aliphatic hydroxyl groups excluding tert-OH is 1. The third kappa shape index (κ3) is 4.00. The molecule has 0 radical (unpaired) electrons. The van der Waals surface area contributed by atoms with Gasteiger partial charge in [0, 0.05) is 19.2 Å². The van der Waals surface area contributed by atoms with Crippen LogP contribution in [0.5, 0.6) is 0 Å². The Morgan fingerprint density at radius 3 is 2.69 bits per heavy atom. The molecule has 0 spiro atoms. The molecule has 0 aromatic heterocycles. The third-order valence-electron chi connectivity index (χ3n) is 2.72. The van der Waals surface area contributed by atoms with Crippen molar-refractivity contribution in [2.45, 2.75) is 58.1 Å². The van der Waals surface area contributed by atoms with Gasteiger partial charge in [0.1, 0.15) is 5.60 Å². The molecule has 0 aliphatic carbocycles. The number of carbonyl (C=O) groups is 1. The van der Waals surface area contributed by atoms with E-state index >= 15 is 0 Å². The highest BCUT2D eigenvalue weighted by Gasteiger charge is 2.29. The summed E-state index contributed by atoms with van der Waals surface area (Å²) < 4.78 is 5.36. The van der Waals surface area contributed by atoms with Gasteiger partial charge in [-0.3, -0.25) is 0 Å². The molecule has 1 N–H and O–H groups in total. The van der Waals surface area contributed by atoms with Gasteiger partial charge in [0.25, 0.3) is 0 Å². The van der Waals surface area contributed by atoms with Crippen LogP contribution in [0.1, 0.15) is 46.5 Å². The lowest BCUT2D eigenvalue weighted by Gasteiger charge is -2.36. The first-order valence-electron chi connectivity index (χ1n) is 6.04. The number of rotatable bonds is 2. The first-order chi connectivity index (χ1) is 7.44. The van der Waals surface area contributed by atoms with Gasteiger partial charge in [0.2, 0.25) is 0 Å². The van der Waals surface area contributed by atoms with Crippen molar-refractivity contribution in [2.75, 3.05) is 13.2 Å². The zero-order chi connectivity index (χ0) is 12.2. The minimum absolute atomic E-state index is 0.129. The Labute approximate surface area is 97.6 Å². The van der Waals surface area contributed by atoms with Crippen molar-refractivity contribution in [1.82, 2.24) is 4.90 Å². The van der Waals surface area contributed by atoms with Crippen LogP contribution in [0.3, 0.4) is 0 Å². The molecule has 1 fully saturated rings. The Hall–Kier alpha value is -0.770. The van der Waals surface area contributed by atoms with Crippen LogP contribution >= 0.6 is 0 Å². The van der Waals surface area contributed by atoms with Crippen molar-refractivity contribution in [3.05, 3.63) is 0 Å². The highest BCUT2D eigenvalue weighted by Crippen LogP contribution is 2.22. The van der Waals surface area contributed by atoms with Gasteiger partial charge in [-0.2, -0.15) is 0 Å². The SMILES string of the molecule is CC(C)(C)OC(=O)N1CCCC[C@H]1CCO. The fourth-order valence-corrected chi connectivity index (χ4v) is 2.01. The first-order valence-corrected chi connectivity index (χ1v) is 6.04. The average molecular weight is 229 g/mol. The normalized spacial score (nSPS) is 22.0. The number of amides is 1. The summed E-state index contributed by atoms with van der Waals surface area (Å²) in [6.45, 7) is 6.49. The summed E-state index contributed by atoms with van der Waals surface area (Å²) in [6.07, 6.45) is 3.54. The van der Waals surface area contributed by atoms with E-state index in [0.717, 1.165) is 25.8 Å². The van der Waals surface area contributed by atoms with E-state index in [1.807, 2.05) is 20.8 Å². The zero-order valence-electron chi connectivity index (χ0n) is 10.5. The maximum Gasteiger partial charge on any atom is 0.410 e. The predicted molar refractivity (Wildman–Crippen MR) is 62.3 cm³/mol. The number of piperidine rings is 1. The predicted octanol–water partition coefficient (Wildman–Crippen LogP) is 2.16. The highest BCUT2D eigenvalue weighted by atomic mass is 16.6. The van der Waals surface area contributed by atoms with E-state index in [2.05, 4.69) is 0 Å². The van der Waals surface area contributed by atoms with Crippen LogP contribution in [0, 0.1) is 0 Å². The Bertz CT molecular complexity index is 233. The number of carbonyl (C=O) groups excluding carboxylic acids is 1. The summed E-state index contributed by atoms with van der Waals surface area (Å²) >= 11 is 0. The van der Waals surface area contributed by atoms with Crippen molar-refractivity contribution < 1.29 is 14.6 Å². The van der Waals surface area contributed by atoms with Crippen LogP contribution in [0.2, 0.25) is 0 Å². The molecule has 0 saturated carbocycles. The van der Waals surface area contributed by atoms with Gasteiger partial charge in [0.15, 0.2) is 0 Å². The van der Waals surface area contributed by atoms with Crippen molar-refractivity contribution in [2.24, 2.45) is 0 Å². The lowest BCUT2D eigenvalue weighted by atomic mass is 10.0. The monoisotopic (exact) mass is 229 g/mol. The molecule has 4 heteroatoms. The van der Waals surface area contributed by atoms with Gasteiger partial charge in [-0.05, 0) is 46.5 Å². The average Bonchev–Trinajstić information content (AvgIpc) is 2.16. The molecule has 0 aromatic rings. The summed E-state index contributed by atoms with van der Waals surface area (Å²) in [5, 5.41) is 8.97. The molecule has 4 nitrogen and oxygen atoms in total. The summed E-state index contributed by atoms with van der Waals surface area (Å²) in [7, 11) is 0. The van der Waals surface area contributed by atoms with Crippen molar-refractivity contribution >= 4 is 6.09 Å². The van der Waals surface area contributed by atoms with E-state index in [9.17, 15) is 4.79 Å². The molecular weight excluding hydrogens is 206 g/mol. The minimum Gasteiger partial charge on any atom is -0.444 e. The molecule has 0 unspecified atom stereocenters. The van der Waals surface area contributed by atoms with Crippen LogP contribution < -0.4 is 0 Å². The van der Waals surface area contributed by atoms with Crippen molar-refractivity contribution in [3.8, 4) is 0 Å². The summed E-state index contributed by atoms with van der Waals surface area (Å²) in [4.78, 5) is 13.7. The van der Waals surface area contributed by atoms with Crippen LogP contribution in [0.25, 0.3) is 0 Å². The van der Waals surface area contributed by atoms with Crippen LogP contribution in [0.15, 0.2) is 0 Å². The lowest BCUT2D eigenvalue weighted by Crippen LogP contribution is -2.46. The minimum atomic E-state index is -0.446. The molecule has 1 aliphatic heterocycles. The van der Waals surface area contributed by atoms with Crippen LogP contribution in [-0.2, 0) is 4.74 Å². The quantitative estimate of drug-likeness (QED) is 0.789. The molecule has 1 saturated heterocycles. The molecule has 1 amide bonds. The van der Waals surface area contributed by atoms with Crippen molar-refractivity contribution in [1.29, 1.82) is 0 Å². The maximum atomic E-state index is 11.9. The van der Waals surface area contributed by atoms with Crippen molar-refractivity contribution in [3.63, 3.8) is 0 Å². The molecule has 1 rings (SSSR count). The molecule has 94 valence electrons. The van der Waals surface area contributed by atoms with Gasteiger partial charge < -0.3 is 14.7 Å². The van der Waals surface area contributed by atoms with Gasteiger partial charge in [-0.25, -0.2) is 4.79 Å². The highest BCUT2D eigenvalue weighted by molar-refractivity contribution is 5.68. The fraction of sp³-hybridized carbons (Fsp3) is 0.917. The molecule has 1 aliphatic rings. The number of likely N-dealkylation sites (tertiary alicyclic amines) is 1. The number of ether oxygens (including phenoxy) is 1. The smallest absolute Gasteiger partial charge is 0.410 e. The van der Waals surface area contributed by atoms with E-state index in [-0.39, 0.29) is 18.7 Å². The summed E-state index contributed by atoms with van der Waals surface area (Å²) in [5.41, 5.74) is -0.446. The van der Waals surface area contributed by atoms with Gasteiger partial charge in [-0.1, -0.05) is 0 Å². The van der Waals surface area contributed by atoms with E-state index in [4.69, 9.17) is 9.84 Å². The second-order valence-electron chi connectivity index (χ2n) is 5.34. The standard InChI is InChI=1S/C12H23NO3/c1-12(2,3)16-11(15)13-8-5-4-6-10(13)7-9-14/h10,14H,4-9H2,1-3H3/t10-/m0/s1. The molecule has 0 aromatic carbocycles. The number of aliphatic hydroxyl groups is 1. The van der Waals surface area contributed by atoms with Crippen LogP contribution in [-0.4, -0.2) is 40.9 Å². The van der Waals surface area contributed by atoms with E-state index in [1.165, 1.54) is 0 Å². The number of hydrogen-bond donors (Lipinski definition) is 1. The number of nitrogens with zero attached hydrogens (tertiary/aromatic N) is 1. The summed E-state index contributed by atoms with van der Waals surface area (Å²) in [5.74, 6) is 0. The molecular formula is C12H23NO3. The molecule has 16 heavy (non-hydrogen) atoms.